The fourth-order valence-corrected chi connectivity index (χ4v) is 3.97. The average Bonchev–Trinajstić information content (AvgIpc) is 2.66. The molecule has 2 aromatic rings. The van der Waals surface area contributed by atoms with E-state index in [4.69, 9.17) is 4.74 Å². The predicted molar refractivity (Wildman–Crippen MR) is 111 cm³/mol. The van der Waals surface area contributed by atoms with Gasteiger partial charge in [-0.25, -0.2) is 8.42 Å². The molecule has 0 heterocycles. The van der Waals surface area contributed by atoms with E-state index in [0.29, 0.717) is 0 Å². The van der Waals surface area contributed by atoms with Gasteiger partial charge in [0.2, 0.25) is 5.91 Å². The van der Waals surface area contributed by atoms with Crippen LogP contribution in [0.25, 0.3) is 0 Å². The molecule has 32 heavy (non-hydrogen) atoms. The largest absolute Gasteiger partial charge is 0.573 e. The Morgan fingerprint density at radius 1 is 1.12 bits per heavy atom. The molecule has 0 unspecified atom stereocenters. The molecular weight excluding hydrogens is 453 g/mol. The second-order valence-corrected chi connectivity index (χ2v) is 8.72. The molecule has 1 atom stereocenters. The van der Waals surface area contributed by atoms with E-state index in [1.165, 1.54) is 37.4 Å². The first-order valence-corrected chi connectivity index (χ1v) is 10.8. The summed E-state index contributed by atoms with van der Waals surface area (Å²) in [7, 11) is -3.04. The van der Waals surface area contributed by atoms with E-state index < -0.39 is 34.0 Å². The standard InChI is InChI=1S/C20H23F3N2O6S/c1-12(2)16(11-26)19(27)24-13-7-8-18(17(10-13)30-3)32(28,29)25-14-5-4-6-15(9-14)31-20(21,22)23/h4-10,12,16,25-26H,11H2,1-3H3,(H,24,27)/t16-/m0/s1. The number of anilines is 2. The molecule has 0 saturated carbocycles. The Hall–Kier alpha value is -2.99. The van der Waals surface area contributed by atoms with Gasteiger partial charge in [0.05, 0.1) is 25.3 Å². The lowest BCUT2D eigenvalue weighted by Gasteiger charge is -2.18. The molecule has 0 aliphatic heterocycles. The molecule has 12 heteroatoms. The molecule has 0 radical (unpaired) electrons. The number of hydrogen-bond donors (Lipinski definition) is 3. The summed E-state index contributed by atoms with van der Waals surface area (Å²) in [6.07, 6.45) is -4.93. The summed E-state index contributed by atoms with van der Waals surface area (Å²) in [5, 5.41) is 12.0. The summed E-state index contributed by atoms with van der Waals surface area (Å²) in [6.45, 7) is 3.20. The van der Waals surface area contributed by atoms with Crippen molar-refractivity contribution in [2.24, 2.45) is 11.8 Å². The second-order valence-electron chi connectivity index (χ2n) is 7.07. The van der Waals surface area contributed by atoms with Crippen LogP contribution in [-0.2, 0) is 14.8 Å². The van der Waals surface area contributed by atoms with Crippen molar-refractivity contribution in [3.05, 3.63) is 42.5 Å². The molecule has 0 saturated heterocycles. The molecule has 8 nitrogen and oxygen atoms in total. The number of ether oxygens (including phenoxy) is 2. The van der Waals surface area contributed by atoms with Crippen LogP contribution < -0.4 is 19.5 Å². The van der Waals surface area contributed by atoms with Gasteiger partial charge in [0, 0.05) is 17.8 Å². The maximum Gasteiger partial charge on any atom is 0.573 e. The normalized spacial score (nSPS) is 12.9. The molecule has 0 spiro atoms. The van der Waals surface area contributed by atoms with Crippen molar-refractivity contribution in [3.8, 4) is 11.5 Å². The Morgan fingerprint density at radius 3 is 2.38 bits per heavy atom. The molecule has 176 valence electrons. The number of aliphatic hydroxyl groups excluding tert-OH is 1. The van der Waals surface area contributed by atoms with Crippen molar-refractivity contribution in [2.75, 3.05) is 23.8 Å². The van der Waals surface area contributed by atoms with Crippen molar-refractivity contribution in [2.45, 2.75) is 25.1 Å². The number of sulfonamides is 1. The van der Waals surface area contributed by atoms with Gasteiger partial charge in [0.1, 0.15) is 16.4 Å². The minimum atomic E-state index is -4.93. The highest BCUT2D eigenvalue weighted by atomic mass is 32.2. The lowest BCUT2D eigenvalue weighted by molar-refractivity contribution is -0.274. The fourth-order valence-electron chi connectivity index (χ4n) is 2.77. The molecular formula is C20H23F3N2O6S. The molecule has 2 rings (SSSR count). The molecule has 3 N–H and O–H groups in total. The molecule has 0 fully saturated rings. The van der Waals surface area contributed by atoms with Gasteiger partial charge in [-0.05, 0) is 30.2 Å². The van der Waals surface area contributed by atoms with Crippen LogP contribution >= 0.6 is 0 Å². The van der Waals surface area contributed by atoms with E-state index in [2.05, 4.69) is 14.8 Å². The van der Waals surface area contributed by atoms with Crippen molar-refractivity contribution in [1.29, 1.82) is 0 Å². The highest BCUT2D eigenvalue weighted by Gasteiger charge is 2.31. The highest BCUT2D eigenvalue weighted by Crippen LogP contribution is 2.31. The van der Waals surface area contributed by atoms with Crippen molar-refractivity contribution < 1.29 is 41.0 Å². The maximum atomic E-state index is 12.8. The summed E-state index contributed by atoms with van der Waals surface area (Å²) in [4.78, 5) is 12.0. The summed E-state index contributed by atoms with van der Waals surface area (Å²) in [5.41, 5.74) is 0.0828. The van der Waals surface area contributed by atoms with Gasteiger partial charge >= 0.3 is 6.36 Å². The quantitative estimate of drug-likeness (QED) is 0.510. The van der Waals surface area contributed by atoms with Crippen LogP contribution in [0, 0.1) is 11.8 Å². The molecule has 0 bridgehead atoms. The molecule has 2 aromatic carbocycles. The minimum absolute atomic E-state index is 0.108. The van der Waals surface area contributed by atoms with Gasteiger partial charge in [0.25, 0.3) is 10.0 Å². The summed E-state index contributed by atoms with van der Waals surface area (Å²) < 4.78 is 73.8. The number of nitrogens with one attached hydrogen (secondary N) is 2. The molecule has 1 amide bonds. The molecule has 0 aromatic heterocycles. The smallest absolute Gasteiger partial charge is 0.495 e. The summed E-state index contributed by atoms with van der Waals surface area (Å²) in [5.74, 6) is -1.92. The number of rotatable bonds is 9. The number of aliphatic hydroxyl groups is 1. The number of amides is 1. The second kappa shape index (κ2) is 10.1. The number of alkyl halides is 3. The zero-order valence-corrected chi connectivity index (χ0v) is 18.3. The van der Waals surface area contributed by atoms with Crippen LogP contribution in [0.2, 0.25) is 0 Å². The van der Waals surface area contributed by atoms with Gasteiger partial charge in [-0.2, -0.15) is 0 Å². The molecule has 0 aliphatic rings. The van der Waals surface area contributed by atoms with E-state index in [0.717, 1.165) is 12.1 Å². The van der Waals surface area contributed by atoms with Crippen LogP contribution in [0.15, 0.2) is 47.4 Å². The first-order chi connectivity index (χ1) is 14.9. The zero-order chi connectivity index (χ0) is 24.1. The van der Waals surface area contributed by atoms with E-state index >= 15 is 0 Å². The lowest BCUT2D eigenvalue weighted by atomic mass is 9.96. The van der Waals surface area contributed by atoms with Gasteiger partial charge in [-0.1, -0.05) is 19.9 Å². The number of methoxy groups -OCH3 is 1. The summed E-state index contributed by atoms with van der Waals surface area (Å²) >= 11 is 0. The number of carbonyl (C=O) groups excluding carboxylic acids is 1. The topological polar surface area (TPSA) is 114 Å². The third-order valence-corrected chi connectivity index (χ3v) is 5.80. The van der Waals surface area contributed by atoms with Gasteiger partial charge in [-0.3, -0.25) is 9.52 Å². The Bertz CT molecular complexity index is 1060. The average molecular weight is 476 g/mol. The number of hydrogen-bond acceptors (Lipinski definition) is 6. The van der Waals surface area contributed by atoms with Crippen LogP contribution in [0.1, 0.15) is 13.8 Å². The Morgan fingerprint density at radius 2 is 1.81 bits per heavy atom. The van der Waals surface area contributed by atoms with Crippen LogP contribution in [0.3, 0.4) is 0 Å². The number of halogens is 3. The van der Waals surface area contributed by atoms with Gasteiger partial charge < -0.3 is 19.9 Å². The Balaban J connectivity index is 2.27. The van der Waals surface area contributed by atoms with E-state index in [1.54, 1.807) is 13.8 Å². The third kappa shape index (κ3) is 6.76. The van der Waals surface area contributed by atoms with E-state index in [-0.39, 0.29) is 34.5 Å². The maximum absolute atomic E-state index is 12.8. The van der Waals surface area contributed by atoms with Crippen LogP contribution in [0.4, 0.5) is 24.5 Å². The fraction of sp³-hybridized carbons (Fsp3) is 0.350. The highest BCUT2D eigenvalue weighted by molar-refractivity contribution is 7.92. The summed E-state index contributed by atoms with van der Waals surface area (Å²) in [6, 6.07) is 8.14. The van der Waals surface area contributed by atoms with Crippen molar-refractivity contribution >= 4 is 27.3 Å². The third-order valence-electron chi connectivity index (χ3n) is 4.38. The van der Waals surface area contributed by atoms with E-state index in [1.807, 2.05) is 0 Å². The lowest BCUT2D eigenvalue weighted by Crippen LogP contribution is -2.29. The van der Waals surface area contributed by atoms with E-state index in [9.17, 15) is 31.5 Å². The molecule has 0 aliphatic carbocycles. The van der Waals surface area contributed by atoms with Crippen LogP contribution in [-0.4, -0.2) is 39.5 Å². The predicted octanol–water partition coefficient (Wildman–Crippen LogP) is 3.60. The van der Waals surface area contributed by atoms with Crippen molar-refractivity contribution in [1.82, 2.24) is 0 Å². The Labute approximate surface area is 183 Å². The number of carbonyl (C=O) groups is 1. The van der Waals surface area contributed by atoms with Crippen LogP contribution in [0.5, 0.6) is 11.5 Å². The first kappa shape index (κ1) is 25.3. The van der Waals surface area contributed by atoms with Crippen molar-refractivity contribution in [3.63, 3.8) is 0 Å². The monoisotopic (exact) mass is 476 g/mol. The zero-order valence-electron chi connectivity index (χ0n) is 17.4. The minimum Gasteiger partial charge on any atom is -0.495 e. The SMILES string of the molecule is COc1cc(NC(=O)[C@@H](CO)C(C)C)ccc1S(=O)(=O)Nc1cccc(OC(F)(F)F)c1. The van der Waals surface area contributed by atoms with Gasteiger partial charge in [-0.15, -0.1) is 13.2 Å². The Kier molecular flexibility index (Phi) is 7.97. The van der Waals surface area contributed by atoms with Gasteiger partial charge in [0.15, 0.2) is 0 Å². The number of benzene rings is 2. The first-order valence-electron chi connectivity index (χ1n) is 9.34.